The van der Waals surface area contributed by atoms with Crippen LogP contribution in [-0.2, 0) is 13.0 Å². The fraction of sp³-hybridized carbons (Fsp3) is 0.216. The molecule has 1 aromatic heterocycles. The SMILES string of the molecule is O=c1c(/C(=C/O)CCN2CCN(c3cccc4ccccc34)CC2)cc(Cc2ccccc2)cn1Cc1ccccc1. The van der Waals surface area contributed by atoms with Gasteiger partial charge in [-0.2, -0.15) is 0 Å². The molecule has 0 bridgehead atoms. The molecule has 0 aliphatic carbocycles. The molecule has 1 fully saturated rings. The van der Waals surface area contributed by atoms with Crippen LogP contribution in [0.1, 0.15) is 28.7 Å². The van der Waals surface area contributed by atoms with E-state index in [1.807, 2.05) is 60.8 Å². The zero-order valence-electron chi connectivity index (χ0n) is 23.9. The quantitative estimate of drug-likeness (QED) is 0.204. The van der Waals surface area contributed by atoms with Crippen molar-refractivity contribution in [3.8, 4) is 0 Å². The summed E-state index contributed by atoms with van der Waals surface area (Å²) in [6.45, 7) is 5.05. The highest BCUT2D eigenvalue weighted by atomic mass is 16.2. The van der Waals surface area contributed by atoms with Crippen LogP contribution in [-0.4, -0.2) is 47.3 Å². The molecule has 0 amide bonds. The summed E-state index contributed by atoms with van der Waals surface area (Å²) in [5.41, 5.74) is 5.79. The second-order valence-corrected chi connectivity index (χ2v) is 11.1. The predicted octanol–water partition coefficient (Wildman–Crippen LogP) is 6.75. The molecule has 1 aliphatic rings. The van der Waals surface area contributed by atoms with Gasteiger partial charge in [-0.25, -0.2) is 0 Å². The number of hydrogen-bond donors (Lipinski definition) is 1. The molecule has 212 valence electrons. The van der Waals surface area contributed by atoms with E-state index in [9.17, 15) is 9.90 Å². The normalized spacial score (nSPS) is 14.4. The van der Waals surface area contributed by atoms with Gasteiger partial charge in [0.15, 0.2) is 0 Å². The van der Waals surface area contributed by atoms with E-state index in [0.717, 1.165) is 56.5 Å². The van der Waals surface area contributed by atoms with Gasteiger partial charge in [0.1, 0.15) is 0 Å². The van der Waals surface area contributed by atoms with E-state index in [0.29, 0.717) is 24.1 Å². The van der Waals surface area contributed by atoms with Gasteiger partial charge in [0.25, 0.3) is 5.56 Å². The van der Waals surface area contributed by atoms with E-state index >= 15 is 0 Å². The zero-order chi connectivity index (χ0) is 28.7. The highest BCUT2D eigenvalue weighted by molar-refractivity contribution is 5.94. The molecule has 0 radical (unpaired) electrons. The van der Waals surface area contributed by atoms with Crippen LogP contribution in [0.25, 0.3) is 16.3 Å². The number of pyridine rings is 1. The lowest BCUT2D eigenvalue weighted by Crippen LogP contribution is -2.46. The summed E-state index contributed by atoms with van der Waals surface area (Å²) in [7, 11) is 0. The third kappa shape index (κ3) is 6.32. The monoisotopic (exact) mass is 555 g/mol. The Bertz CT molecular complexity index is 1710. The summed E-state index contributed by atoms with van der Waals surface area (Å²) in [5.74, 6) is 0. The molecule has 0 atom stereocenters. The van der Waals surface area contributed by atoms with Crippen molar-refractivity contribution in [2.45, 2.75) is 19.4 Å². The van der Waals surface area contributed by atoms with Crippen molar-refractivity contribution in [1.29, 1.82) is 0 Å². The van der Waals surface area contributed by atoms with Crippen LogP contribution in [0.2, 0.25) is 0 Å². The smallest absolute Gasteiger partial charge is 0.258 e. The van der Waals surface area contributed by atoms with Crippen LogP contribution in [0, 0.1) is 0 Å². The van der Waals surface area contributed by atoms with Crippen molar-refractivity contribution >= 4 is 22.0 Å². The predicted molar refractivity (Wildman–Crippen MR) is 173 cm³/mol. The Balaban J connectivity index is 1.18. The van der Waals surface area contributed by atoms with Crippen LogP contribution in [0.15, 0.2) is 126 Å². The Labute approximate surface area is 247 Å². The Morgan fingerprint density at radius 3 is 2.14 bits per heavy atom. The summed E-state index contributed by atoms with van der Waals surface area (Å²) in [6, 6.07) is 37.4. The first kappa shape index (κ1) is 27.6. The molecule has 5 heteroatoms. The highest BCUT2D eigenvalue weighted by Crippen LogP contribution is 2.28. The lowest BCUT2D eigenvalue weighted by atomic mass is 9.99. The van der Waals surface area contributed by atoms with Gasteiger partial charge in [0, 0.05) is 61.1 Å². The van der Waals surface area contributed by atoms with Gasteiger partial charge >= 0.3 is 0 Å². The van der Waals surface area contributed by atoms with Crippen molar-refractivity contribution in [1.82, 2.24) is 9.47 Å². The molecule has 1 saturated heterocycles. The van der Waals surface area contributed by atoms with Crippen LogP contribution >= 0.6 is 0 Å². The fourth-order valence-corrected chi connectivity index (χ4v) is 6.00. The summed E-state index contributed by atoms with van der Waals surface area (Å²) in [4.78, 5) is 18.6. The number of nitrogens with zero attached hydrogens (tertiary/aromatic N) is 3. The number of piperazine rings is 1. The van der Waals surface area contributed by atoms with E-state index in [1.54, 1.807) is 4.57 Å². The minimum absolute atomic E-state index is 0.0725. The number of rotatable bonds is 9. The number of hydrogen-bond acceptors (Lipinski definition) is 4. The highest BCUT2D eigenvalue weighted by Gasteiger charge is 2.20. The Kier molecular flexibility index (Phi) is 8.48. The van der Waals surface area contributed by atoms with Gasteiger partial charge in [-0.15, -0.1) is 0 Å². The molecule has 0 spiro atoms. The number of fused-ring (bicyclic) bond motifs is 1. The Morgan fingerprint density at radius 1 is 0.738 bits per heavy atom. The number of aromatic nitrogens is 1. The van der Waals surface area contributed by atoms with Gasteiger partial charge in [0.05, 0.1) is 12.8 Å². The number of benzene rings is 4. The molecule has 1 aliphatic heterocycles. The van der Waals surface area contributed by atoms with E-state index in [1.165, 1.54) is 22.0 Å². The van der Waals surface area contributed by atoms with Crippen LogP contribution in [0.5, 0.6) is 0 Å². The van der Waals surface area contributed by atoms with Gasteiger partial charge in [-0.3, -0.25) is 9.69 Å². The fourth-order valence-electron chi connectivity index (χ4n) is 6.00. The molecular formula is C37H37N3O2. The second-order valence-electron chi connectivity index (χ2n) is 11.1. The van der Waals surface area contributed by atoms with Crippen LogP contribution < -0.4 is 10.5 Å². The van der Waals surface area contributed by atoms with Crippen molar-refractivity contribution in [3.05, 3.63) is 154 Å². The second kappa shape index (κ2) is 12.9. The maximum Gasteiger partial charge on any atom is 0.258 e. The molecule has 0 saturated carbocycles. The van der Waals surface area contributed by atoms with E-state index in [-0.39, 0.29) is 5.56 Å². The maximum atomic E-state index is 13.7. The minimum atomic E-state index is -0.0725. The number of aliphatic hydroxyl groups is 1. The molecule has 1 N–H and O–H groups in total. The molecule has 5 nitrogen and oxygen atoms in total. The molecule has 0 unspecified atom stereocenters. The number of aliphatic hydroxyl groups excluding tert-OH is 1. The topological polar surface area (TPSA) is 48.7 Å². The average Bonchev–Trinajstić information content (AvgIpc) is 3.04. The van der Waals surface area contributed by atoms with Crippen molar-refractivity contribution in [2.75, 3.05) is 37.6 Å². The van der Waals surface area contributed by atoms with Crippen molar-refractivity contribution in [2.24, 2.45) is 0 Å². The van der Waals surface area contributed by atoms with Crippen LogP contribution in [0.3, 0.4) is 0 Å². The zero-order valence-corrected chi connectivity index (χ0v) is 23.9. The summed E-state index contributed by atoms with van der Waals surface area (Å²) in [5, 5.41) is 12.9. The largest absolute Gasteiger partial charge is 0.515 e. The van der Waals surface area contributed by atoms with Gasteiger partial charge < -0.3 is 14.6 Å². The van der Waals surface area contributed by atoms with Gasteiger partial charge in [-0.05, 0) is 47.1 Å². The Morgan fingerprint density at radius 2 is 1.40 bits per heavy atom. The Hall–Kier alpha value is -4.61. The van der Waals surface area contributed by atoms with Gasteiger partial charge in [-0.1, -0.05) is 97.1 Å². The molecular weight excluding hydrogens is 518 g/mol. The van der Waals surface area contributed by atoms with E-state index in [4.69, 9.17) is 0 Å². The number of anilines is 1. The summed E-state index contributed by atoms with van der Waals surface area (Å²) >= 11 is 0. The summed E-state index contributed by atoms with van der Waals surface area (Å²) < 4.78 is 1.79. The van der Waals surface area contributed by atoms with Crippen molar-refractivity contribution < 1.29 is 5.11 Å². The molecule has 4 aromatic carbocycles. The molecule has 6 rings (SSSR count). The van der Waals surface area contributed by atoms with E-state index < -0.39 is 0 Å². The van der Waals surface area contributed by atoms with E-state index in [2.05, 4.69) is 64.4 Å². The lowest BCUT2D eigenvalue weighted by molar-refractivity contribution is 0.263. The first-order chi connectivity index (χ1) is 20.7. The van der Waals surface area contributed by atoms with Crippen LogP contribution in [0.4, 0.5) is 5.69 Å². The minimum Gasteiger partial charge on any atom is -0.515 e. The standard InChI is InChI=1S/C37H37N3O2/c41-28-33(18-19-38-20-22-39(23-21-38)36-17-9-15-32-14-7-8-16-34(32)36)35-25-31(24-29-10-3-1-4-11-29)27-40(37(35)42)26-30-12-5-2-6-13-30/h1-17,25,27-28,41H,18-24,26H2/b33-28+. The third-order valence-electron chi connectivity index (χ3n) is 8.27. The average molecular weight is 556 g/mol. The van der Waals surface area contributed by atoms with Gasteiger partial charge in [0.2, 0.25) is 0 Å². The lowest BCUT2D eigenvalue weighted by Gasteiger charge is -2.36. The molecule has 5 aromatic rings. The summed E-state index contributed by atoms with van der Waals surface area (Å²) in [6.07, 6.45) is 4.44. The maximum absolute atomic E-state index is 13.7. The third-order valence-corrected chi connectivity index (χ3v) is 8.27. The molecule has 42 heavy (non-hydrogen) atoms. The molecule has 2 heterocycles. The first-order valence-electron chi connectivity index (χ1n) is 14.8. The first-order valence-corrected chi connectivity index (χ1v) is 14.8. The van der Waals surface area contributed by atoms with Crippen molar-refractivity contribution in [3.63, 3.8) is 0 Å².